The van der Waals surface area contributed by atoms with Gasteiger partial charge in [0.1, 0.15) is 0 Å². The van der Waals surface area contributed by atoms with E-state index in [1.165, 1.54) is 31.2 Å². The molecule has 0 unspecified atom stereocenters. The van der Waals surface area contributed by atoms with Crippen LogP contribution in [0, 0.1) is 12.3 Å². The number of hydrogen-bond acceptors (Lipinski definition) is 2. The standard InChI is InChI=1S/C18H28N2O/c1-13-6-7-14(17(21)20(4)5)12-16(13)19-15-8-10-18(2,3)11-9-15/h6-7,12,15,19H,8-11H2,1-5H3. The van der Waals surface area contributed by atoms with Gasteiger partial charge in [0.2, 0.25) is 0 Å². The van der Waals surface area contributed by atoms with Gasteiger partial charge >= 0.3 is 0 Å². The first-order valence-corrected chi connectivity index (χ1v) is 7.87. The molecule has 1 aromatic rings. The summed E-state index contributed by atoms with van der Waals surface area (Å²) in [5.74, 6) is 0.0582. The first-order valence-electron chi connectivity index (χ1n) is 7.87. The molecule has 0 bridgehead atoms. The Labute approximate surface area is 128 Å². The molecule has 1 saturated carbocycles. The van der Waals surface area contributed by atoms with Crippen LogP contribution in [0.15, 0.2) is 18.2 Å². The Morgan fingerprint density at radius 1 is 1.24 bits per heavy atom. The predicted octanol–water partition coefficient (Wildman–Crippen LogP) is 4.08. The molecule has 1 N–H and O–H groups in total. The molecule has 1 aliphatic rings. The van der Waals surface area contributed by atoms with E-state index >= 15 is 0 Å². The summed E-state index contributed by atoms with van der Waals surface area (Å²) in [5, 5.41) is 3.65. The van der Waals surface area contributed by atoms with Crippen molar-refractivity contribution in [1.29, 1.82) is 0 Å². The molecule has 0 heterocycles. The molecule has 0 radical (unpaired) electrons. The minimum absolute atomic E-state index is 0.0582. The molecular formula is C18H28N2O. The summed E-state index contributed by atoms with van der Waals surface area (Å²) < 4.78 is 0. The molecule has 1 aromatic carbocycles. The van der Waals surface area contributed by atoms with Gasteiger partial charge in [0.25, 0.3) is 5.91 Å². The van der Waals surface area contributed by atoms with Crippen molar-refractivity contribution in [2.75, 3.05) is 19.4 Å². The van der Waals surface area contributed by atoms with Crippen molar-refractivity contribution in [3.05, 3.63) is 29.3 Å². The van der Waals surface area contributed by atoms with Crippen LogP contribution in [0.2, 0.25) is 0 Å². The van der Waals surface area contributed by atoms with Crippen LogP contribution in [0.1, 0.15) is 55.5 Å². The van der Waals surface area contributed by atoms with E-state index in [2.05, 4.69) is 26.1 Å². The fraction of sp³-hybridized carbons (Fsp3) is 0.611. The number of nitrogens with zero attached hydrogens (tertiary/aromatic N) is 1. The SMILES string of the molecule is Cc1ccc(C(=O)N(C)C)cc1NC1CCC(C)(C)CC1. The quantitative estimate of drug-likeness (QED) is 0.909. The predicted molar refractivity (Wildman–Crippen MR) is 88.9 cm³/mol. The topological polar surface area (TPSA) is 32.3 Å². The second-order valence-electron chi connectivity index (χ2n) is 7.31. The number of anilines is 1. The number of carbonyl (C=O) groups excluding carboxylic acids is 1. The number of hydrogen-bond donors (Lipinski definition) is 1. The zero-order valence-electron chi connectivity index (χ0n) is 14.0. The molecule has 1 aliphatic carbocycles. The summed E-state index contributed by atoms with van der Waals surface area (Å²) in [6.07, 6.45) is 4.94. The van der Waals surface area contributed by atoms with E-state index in [4.69, 9.17) is 0 Å². The van der Waals surface area contributed by atoms with Crippen molar-refractivity contribution >= 4 is 11.6 Å². The molecule has 0 atom stereocenters. The van der Waals surface area contributed by atoms with Crippen LogP contribution in [0.3, 0.4) is 0 Å². The van der Waals surface area contributed by atoms with E-state index in [1.54, 1.807) is 19.0 Å². The molecule has 0 saturated heterocycles. The number of benzene rings is 1. The van der Waals surface area contributed by atoms with Gasteiger partial charge < -0.3 is 10.2 Å². The second-order valence-corrected chi connectivity index (χ2v) is 7.31. The molecule has 21 heavy (non-hydrogen) atoms. The number of aryl methyl sites for hydroxylation is 1. The molecular weight excluding hydrogens is 260 g/mol. The lowest BCUT2D eigenvalue weighted by Gasteiger charge is -2.35. The van der Waals surface area contributed by atoms with E-state index in [0.29, 0.717) is 11.5 Å². The Hall–Kier alpha value is -1.51. The largest absolute Gasteiger partial charge is 0.382 e. The van der Waals surface area contributed by atoms with Crippen LogP contribution in [-0.4, -0.2) is 30.9 Å². The van der Waals surface area contributed by atoms with Crippen LogP contribution in [0.25, 0.3) is 0 Å². The van der Waals surface area contributed by atoms with Crippen molar-refractivity contribution < 1.29 is 4.79 Å². The van der Waals surface area contributed by atoms with Crippen LogP contribution < -0.4 is 5.32 Å². The lowest BCUT2D eigenvalue weighted by molar-refractivity contribution is 0.0827. The summed E-state index contributed by atoms with van der Waals surface area (Å²) in [7, 11) is 3.58. The highest BCUT2D eigenvalue weighted by molar-refractivity contribution is 5.95. The molecule has 0 spiro atoms. The monoisotopic (exact) mass is 288 g/mol. The van der Waals surface area contributed by atoms with Gasteiger partial charge in [0.15, 0.2) is 0 Å². The fourth-order valence-electron chi connectivity index (χ4n) is 2.93. The third kappa shape index (κ3) is 3.99. The van der Waals surface area contributed by atoms with Gasteiger partial charge in [-0.3, -0.25) is 4.79 Å². The van der Waals surface area contributed by atoms with E-state index in [0.717, 1.165) is 11.3 Å². The molecule has 116 valence electrons. The maximum atomic E-state index is 12.1. The highest BCUT2D eigenvalue weighted by Crippen LogP contribution is 2.36. The molecule has 0 aliphatic heterocycles. The van der Waals surface area contributed by atoms with Crippen molar-refractivity contribution in [3.63, 3.8) is 0 Å². The van der Waals surface area contributed by atoms with Crippen LogP contribution in [-0.2, 0) is 0 Å². The molecule has 0 aromatic heterocycles. The summed E-state index contributed by atoms with van der Waals surface area (Å²) >= 11 is 0. The summed E-state index contributed by atoms with van der Waals surface area (Å²) in [6, 6.07) is 6.47. The van der Waals surface area contributed by atoms with Crippen LogP contribution >= 0.6 is 0 Å². The average molecular weight is 288 g/mol. The van der Waals surface area contributed by atoms with Crippen LogP contribution in [0.4, 0.5) is 5.69 Å². The highest BCUT2D eigenvalue weighted by Gasteiger charge is 2.26. The Morgan fingerprint density at radius 3 is 2.43 bits per heavy atom. The van der Waals surface area contributed by atoms with Gasteiger partial charge in [-0.05, 0) is 55.7 Å². The van der Waals surface area contributed by atoms with Crippen molar-refractivity contribution in [1.82, 2.24) is 4.90 Å². The zero-order chi connectivity index (χ0) is 15.6. The molecule has 2 rings (SSSR count). The number of amides is 1. The maximum absolute atomic E-state index is 12.1. The van der Waals surface area contributed by atoms with E-state index in [-0.39, 0.29) is 5.91 Å². The van der Waals surface area contributed by atoms with E-state index in [1.807, 2.05) is 18.2 Å². The van der Waals surface area contributed by atoms with Crippen molar-refractivity contribution in [2.45, 2.75) is 52.5 Å². The summed E-state index contributed by atoms with van der Waals surface area (Å²) in [5.41, 5.74) is 3.54. The summed E-state index contributed by atoms with van der Waals surface area (Å²) in [4.78, 5) is 13.7. The zero-order valence-corrected chi connectivity index (χ0v) is 14.0. The minimum atomic E-state index is 0.0582. The lowest BCUT2D eigenvalue weighted by atomic mass is 9.75. The maximum Gasteiger partial charge on any atom is 0.253 e. The van der Waals surface area contributed by atoms with Crippen molar-refractivity contribution in [3.8, 4) is 0 Å². The van der Waals surface area contributed by atoms with Gasteiger partial charge in [-0.15, -0.1) is 0 Å². The fourth-order valence-corrected chi connectivity index (χ4v) is 2.93. The Kier molecular flexibility index (Phi) is 4.60. The van der Waals surface area contributed by atoms with Crippen molar-refractivity contribution in [2.24, 2.45) is 5.41 Å². The molecule has 1 amide bonds. The highest BCUT2D eigenvalue weighted by atomic mass is 16.2. The number of nitrogens with one attached hydrogen (secondary N) is 1. The van der Waals surface area contributed by atoms with Gasteiger partial charge in [0, 0.05) is 31.4 Å². The van der Waals surface area contributed by atoms with Gasteiger partial charge in [-0.1, -0.05) is 19.9 Å². The van der Waals surface area contributed by atoms with Gasteiger partial charge in [-0.25, -0.2) is 0 Å². The smallest absolute Gasteiger partial charge is 0.253 e. The third-order valence-corrected chi connectivity index (χ3v) is 4.59. The lowest BCUT2D eigenvalue weighted by Crippen LogP contribution is -2.30. The second kappa shape index (κ2) is 6.08. The minimum Gasteiger partial charge on any atom is -0.382 e. The third-order valence-electron chi connectivity index (χ3n) is 4.59. The van der Waals surface area contributed by atoms with E-state index < -0.39 is 0 Å². The molecule has 3 nitrogen and oxygen atoms in total. The summed E-state index contributed by atoms with van der Waals surface area (Å²) in [6.45, 7) is 6.80. The Balaban J connectivity index is 2.09. The first-order chi connectivity index (χ1) is 9.78. The number of carbonyl (C=O) groups is 1. The Morgan fingerprint density at radius 2 is 1.86 bits per heavy atom. The van der Waals surface area contributed by atoms with E-state index in [9.17, 15) is 4.79 Å². The van der Waals surface area contributed by atoms with Gasteiger partial charge in [-0.2, -0.15) is 0 Å². The molecule has 3 heteroatoms. The van der Waals surface area contributed by atoms with Gasteiger partial charge in [0.05, 0.1) is 0 Å². The normalized spacial score (nSPS) is 18.3. The van der Waals surface area contributed by atoms with Crippen LogP contribution in [0.5, 0.6) is 0 Å². The number of rotatable bonds is 3. The average Bonchev–Trinajstić information content (AvgIpc) is 2.42. The molecule has 1 fully saturated rings. The first kappa shape index (κ1) is 15.9. The Bertz CT molecular complexity index is 510.